The Labute approximate surface area is 138 Å². The number of methoxy groups -OCH3 is 1. The van der Waals surface area contributed by atoms with Gasteiger partial charge in [0.25, 0.3) is 0 Å². The van der Waals surface area contributed by atoms with Gasteiger partial charge in [0.15, 0.2) is 11.5 Å². The lowest BCUT2D eigenvalue weighted by molar-refractivity contribution is 0.210. The zero-order valence-corrected chi connectivity index (χ0v) is 13.9. The third-order valence-corrected chi connectivity index (χ3v) is 3.56. The van der Waals surface area contributed by atoms with Crippen molar-refractivity contribution in [2.45, 2.75) is 26.3 Å². The first kappa shape index (κ1) is 17.2. The number of aryl methyl sites for hydroxylation is 1. The Morgan fingerprint density at radius 1 is 0.957 bits per heavy atom. The Hall–Kier alpha value is -2.20. The first-order valence-electron chi connectivity index (χ1n) is 7.99. The molecular formula is C19H25NO3. The van der Waals surface area contributed by atoms with Crippen LogP contribution in [0.4, 0.5) is 0 Å². The van der Waals surface area contributed by atoms with Gasteiger partial charge in [-0.25, -0.2) is 0 Å². The summed E-state index contributed by atoms with van der Waals surface area (Å²) in [4.78, 5) is 0. The van der Waals surface area contributed by atoms with E-state index in [2.05, 4.69) is 19.1 Å². The fraction of sp³-hybridized carbons (Fsp3) is 0.368. The maximum atomic E-state index is 5.80. The van der Waals surface area contributed by atoms with E-state index in [4.69, 9.17) is 19.9 Å². The predicted molar refractivity (Wildman–Crippen MR) is 92.3 cm³/mol. The minimum absolute atomic E-state index is 0.409. The summed E-state index contributed by atoms with van der Waals surface area (Å²) in [5, 5.41) is 0. The van der Waals surface area contributed by atoms with Gasteiger partial charge in [0.1, 0.15) is 19.0 Å². The van der Waals surface area contributed by atoms with Gasteiger partial charge in [-0.05, 0) is 30.2 Å². The van der Waals surface area contributed by atoms with Crippen molar-refractivity contribution in [3.63, 3.8) is 0 Å². The molecule has 2 aromatic carbocycles. The molecule has 0 aliphatic heterocycles. The van der Waals surface area contributed by atoms with Crippen LogP contribution in [0.25, 0.3) is 0 Å². The van der Waals surface area contributed by atoms with E-state index in [9.17, 15) is 0 Å². The molecule has 0 heterocycles. The highest BCUT2D eigenvalue weighted by atomic mass is 16.5. The molecule has 0 amide bonds. The molecule has 0 unspecified atom stereocenters. The number of benzene rings is 2. The SMILES string of the molecule is CCCc1ccc(OCCOc2c(CN)cccc2OC)cc1. The molecule has 0 aromatic heterocycles. The second-order valence-corrected chi connectivity index (χ2v) is 5.24. The summed E-state index contributed by atoms with van der Waals surface area (Å²) in [5.41, 5.74) is 8.00. The van der Waals surface area contributed by atoms with E-state index in [1.165, 1.54) is 5.56 Å². The van der Waals surface area contributed by atoms with E-state index in [1.807, 2.05) is 30.3 Å². The standard InChI is InChI=1S/C19H25NO3/c1-3-5-15-8-10-17(11-9-15)22-12-13-23-19-16(14-20)6-4-7-18(19)21-2/h4,6-11H,3,5,12-14,20H2,1-2H3. The van der Waals surface area contributed by atoms with Crippen molar-refractivity contribution in [2.24, 2.45) is 5.73 Å². The summed E-state index contributed by atoms with van der Waals surface area (Å²) in [6, 6.07) is 13.9. The van der Waals surface area contributed by atoms with Gasteiger partial charge in [-0.1, -0.05) is 37.6 Å². The molecule has 0 aliphatic rings. The first-order chi connectivity index (χ1) is 11.3. The summed E-state index contributed by atoms with van der Waals surface area (Å²) in [6.45, 7) is 3.49. The lowest BCUT2D eigenvalue weighted by Gasteiger charge is -2.14. The van der Waals surface area contributed by atoms with Crippen molar-refractivity contribution in [1.82, 2.24) is 0 Å². The van der Waals surface area contributed by atoms with E-state index in [-0.39, 0.29) is 0 Å². The Balaban J connectivity index is 1.85. The molecule has 2 rings (SSSR count). The van der Waals surface area contributed by atoms with Gasteiger partial charge in [-0.2, -0.15) is 0 Å². The summed E-state index contributed by atoms with van der Waals surface area (Å²) >= 11 is 0. The summed E-state index contributed by atoms with van der Waals surface area (Å²) in [6.07, 6.45) is 2.25. The van der Waals surface area contributed by atoms with Crippen molar-refractivity contribution in [3.05, 3.63) is 53.6 Å². The molecule has 4 heteroatoms. The Kier molecular flexibility index (Phi) is 6.76. The second kappa shape index (κ2) is 9.06. The third-order valence-electron chi connectivity index (χ3n) is 3.56. The highest BCUT2D eigenvalue weighted by Gasteiger charge is 2.09. The molecule has 0 bridgehead atoms. The van der Waals surface area contributed by atoms with Gasteiger partial charge in [-0.15, -0.1) is 0 Å². The third kappa shape index (κ3) is 4.89. The van der Waals surface area contributed by atoms with Crippen LogP contribution in [0.1, 0.15) is 24.5 Å². The van der Waals surface area contributed by atoms with E-state index in [0.29, 0.717) is 31.3 Å². The second-order valence-electron chi connectivity index (χ2n) is 5.24. The van der Waals surface area contributed by atoms with Gasteiger partial charge in [0.2, 0.25) is 0 Å². The van der Waals surface area contributed by atoms with E-state index in [1.54, 1.807) is 7.11 Å². The van der Waals surface area contributed by atoms with Crippen LogP contribution < -0.4 is 19.9 Å². The highest BCUT2D eigenvalue weighted by molar-refractivity contribution is 5.46. The lowest BCUT2D eigenvalue weighted by Crippen LogP contribution is -2.11. The van der Waals surface area contributed by atoms with Crippen molar-refractivity contribution in [3.8, 4) is 17.2 Å². The molecule has 4 nitrogen and oxygen atoms in total. The fourth-order valence-electron chi connectivity index (χ4n) is 2.39. The quantitative estimate of drug-likeness (QED) is 0.719. The molecule has 2 N–H and O–H groups in total. The van der Waals surface area contributed by atoms with Crippen molar-refractivity contribution in [2.75, 3.05) is 20.3 Å². The Bertz CT molecular complexity index is 574. The molecule has 124 valence electrons. The number of rotatable bonds is 9. The van der Waals surface area contributed by atoms with Gasteiger partial charge < -0.3 is 19.9 Å². The maximum Gasteiger partial charge on any atom is 0.165 e. The van der Waals surface area contributed by atoms with Crippen LogP contribution in [0.15, 0.2) is 42.5 Å². The molecule has 0 radical (unpaired) electrons. The maximum absolute atomic E-state index is 5.80. The molecule has 0 saturated carbocycles. The molecule has 0 saturated heterocycles. The average molecular weight is 315 g/mol. The van der Waals surface area contributed by atoms with Crippen LogP contribution in [-0.2, 0) is 13.0 Å². The van der Waals surface area contributed by atoms with Crippen molar-refractivity contribution >= 4 is 0 Å². The number of ether oxygens (including phenoxy) is 3. The van der Waals surface area contributed by atoms with Crippen molar-refractivity contribution < 1.29 is 14.2 Å². The smallest absolute Gasteiger partial charge is 0.165 e. The molecule has 0 aliphatic carbocycles. The zero-order valence-electron chi connectivity index (χ0n) is 13.9. The topological polar surface area (TPSA) is 53.7 Å². The van der Waals surface area contributed by atoms with E-state index in [0.717, 1.165) is 24.2 Å². The van der Waals surface area contributed by atoms with Gasteiger partial charge >= 0.3 is 0 Å². The number of nitrogens with two attached hydrogens (primary N) is 1. The van der Waals surface area contributed by atoms with Crippen LogP contribution >= 0.6 is 0 Å². The summed E-state index contributed by atoms with van der Waals surface area (Å²) in [7, 11) is 1.62. The van der Waals surface area contributed by atoms with Crippen LogP contribution in [0.3, 0.4) is 0 Å². The largest absolute Gasteiger partial charge is 0.493 e. The minimum Gasteiger partial charge on any atom is -0.493 e. The molecular weight excluding hydrogens is 290 g/mol. The summed E-state index contributed by atoms with van der Waals surface area (Å²) < 4.78 is 16.8. The normalized spacial score (nSPS) is 10.4. The molecule has 23 heavy (non-hydrogen) atoms. The number of hydrogen-bond donors (Lipinski definition) is 1. The van der Waals surface area contributed by atoms with Crippen LogP contribution in [-0.4, -0.2) is 20.3 Å². The van der Waals surface area contributed by atoms with E-state index < -0.39 is 0 Å². The Morgan fingerprint density at radius 3 is 2.35 bits per heavy atom. The monoisotopic (exact) mass is 315 g/mol. The number of hydrogen-bond acceptors (Lipinski definition) is 4. The van der Waals surface area contributed by atoms with Gasteiger partial charge in [-0.3, -0.25) is 0 Å². The van der Waals surface area contributed by atoms with Gasteiger partial charge in [0, 0.05) is 12.1 Å². The number of para-hydroxylation sites is 1. The summed E-state index contributed by atoms with van der Waals surface area (Å²) in [5.74, 6) is 2.24. The van der Waals surface area contributed by atoms with Crippen molar-refractivity contribution in [1.29, 1.82) is 0 Å². The fourth-order valence-corrected chi connectivity index (χ4v) is 2.39. The van der Waals surface area contributed by atoms with Gasteiger partial charge in [0.05, 0.1) is 7.11 Å². The first-order valence-corrected chi connectivity index (χ1v) is 7.99. The molecule has 2 aromatic rings. The average Bonchev–Trinajstić information content (AvgIpc) is 2.60. The highest BCUT2D eigenvalue weighted by Crippen LogP contribution is 2.30. The predicted octanol–water partition coefficient (Wildman–Crippen LogP) is 3.56. The van der Waals surface area contributed by atoms with Crippen LogP contribution in [0, 0.1) is 0 Å². The molecule has 0 spiro atoms. The molecule has 0 fully saturated rings. The van der Waals surface area contributed by atoms with Crippen LogP contribution in [0.2, 0.25) is 0 Å². The Morgan fingerprint density at radius 2 is 1.70 bits per heavy atom. The van der Waals surface area contributed by atoms with Crippen LogP contribution in [0.5, 0.6) is 17.2 Å². The van der Waals surface area contributed by atoms with E-state index >= 15 is 0 Å². The minimum atomic E-state index is 0.409. The lowest BCUT2D eigenvalue weighted by atomic mass is 10.1. The zero-order chi connectivity index (χ0) is 16.5. The molecule has 0 atom stereocenters.